The molecule has 0 aliphatic carbocycles. The molecule has 5 heterocycles. The summed E-state index contributed by atoms with van der Waals surface area (Å²) < 4.78 is 16.0. The number of carbonyl (C=O) groups excluding carboxylic acids is 2. The fourth-order valence-corrected chi connectivity index (χ4v) is 3.92. The summed E-state index contributed by atoms with van der Waals surface area (Å²) in [4.78, 5) is 41.0. The number of H-pyrrole nitrogens is 1. The molecule has 0 bridgehead atoms. The third-order valence-corrected chi connectivity index (χ3v) is 5.48. The molecule has 1 aliphatic heterocycles. The van der Waals surface area contributed by atoms with Gasteiger partial charge in [-0.3, -0.25) is 9.59 Å². The highest BCUT2D eigenvalue weighted by molar-refractivity contribution is 6.45. The van der Waals surface area contributed by atoms with Gasteiger partial charge in [0.25, 0.3) is 11.7 Å². The number of ketones is 1. The zero-order valence-corrected chi connectivity index (χ0v) is 17.0. The molecule has 0 radical (unpaired) electrons. The molecule has 1 aliphatic rings. The summed E-state index contributed by atoms with van der Waals surface area (Å²) in [6.07, 6.45) is 7.78. The van der Waals surface area contributed by atoms with Crippen molar-refractivity contribution in [3.8, 4) is 5.82 Å². The number of nitrogens with one attached hydrogen (secondary N) is 1. The molecule has 5 rings (SSSR count). The highest BCUT2D eigenvalue weighted by Gasteiger charge is 2.29. The van der Waals surface area contributed by atoms with Crippen LogP contribution < -0.4 is 4.90 Å². The van der Waals surface area contributed by atoms with Crippen molar-refractivity contribution >= 4 is 28.4 Å². The number of pyridine rings is 2. The molecule has 0 atom stereocenters. The second kappa shape index (κ2) is 8.17. The third-order valence-electron chi connectivity index (χ3n) is 5.48. The largest absolute Gasteiger partial charge is 0.357 e. The summed E-state index contributed by atoms with van der Waals surface area (Å²) in [5.74, 6) is -1.01. The Morgan fingerprint density at radius 1 is 1.06 bits per heavy atom. The molecule has 1 N–H and O–H groups in total. The van der Waals surface area contributed by atoms with E-state index in [9.17, 15) is 14.0 Å². The number of amides is 1. The maximum Gasteiger partial charge on any atom is 0.295 e. The van der Waals surface area contributed by atoms with E-state index in [-0.39, 0.29) is 22.3 Å². The van der Waals surface area contributed by atoms with Crippen molar-refractivity contribution < 1.29 is 14.0 Å². The van der Waals surface area contributed by atoms with Crippen LogP contribution in [0.4, 0.5) is 10.2 Å². The summed E-state index contributed by atoms with van der Waals surface area (Å²) in [5.41, 5.74) is 0.237. The second-order valence-corrected chi connectivity index (χ2v) is 7.38. The molecule has 0 aromatic carbocycles. The van der Waals surface area contributed by atoms with Gasteiger partial charge in [-0.15, -0.1) is 5.10 Å². The molecule has 0 unspecified atom stereocenters. The van der Waals surface area contributed by atoms with E-state index in [0.717, 1.165) is 18.6 Å². The molecular weight excluding hydrogens is 415 g/mol. The number of halogens is 1. The molecule has 0 saturated carbocycles. The van der Waals surface area contributed by atoms with Gasteiger partial charge in [-0.2, -0.15) is 0 Å². The molecule has 162 valence electrons. The fraction of sp³-hybridized carbons (Fsp3) is 0.238. The minimum Gasteiger partial charge on any atom is -0.357 e. The van der Waals surface area contributed by atoms with E-state index in [2.05, 4.69) is 30.2 Å². The lowest BCUT2D eigenvalue weighted by Gasteiger charge is -2.22. The number of rotatable bonds is 4. The Kier molecular flexibility index (Phi) is 5.06. The van der Waals surface area contributed by atoms with Crippen LogP contribution in [0, 0.1) is 5.82 Å². The summed E-state index contributed by atoms with van der Waals surface area (Å²) in [6, 6.07) is 5.67. The van der Waals surface area contributed by atoms with E-state index in [1.807, 2.05) is 18.2 Å². The second-order valence-electron chi connectivity index (χ2n) is 7.38. The van der Waals surface area contributed by atoms with Crippen LogP contribution in [0.1, 0.15) is 16.8 Å². The first-order chi connectivity index (χ1) is 15.6. The van der Waals surface area contributed by atoms with Gasteiger partial charge in [-0.05, 0) is 18.6 Å². The van der Waals surface area contributed by atoms with Gasteiger partial charge in [-0.1, -0.05) is 11.3 Å². The van der Waals surface area contributed by atoms with Crippen LogP contribution in [-0.4, -0.2) is 72.7 Å². The average molecular weight is 434 g/mol. The molecular formula is C21H19FN8O2. The monoisotopic (exact) mass is 434 g/mol. The number of fused-ring (bicyclic) bond motifs is 1. The van der Waals surface area contributed by atoms with E-state index in [1.54, 1.807) is 12.4 Å². The lowest BCUT2D eigenvalue weighted by molar-refractivity contribution is -0.126. The molecule has 11 heteroatoms. The molecule has 0 spiro atoms. The van der Waals surface area contributed by atoms with Gasteiger partial charge < -0.3 is 14.8 Å². The Balaban J connectivity index is 1.40. The smallest absolute Gasteiger partial charge is 0.295 e. The maximum absolute atomic E-state index is 14.7. The van der Waals surface area contributed by atoms with Crippen molar-refractivity contribution in [1.82, 2.24) is 34.8 Å². The van der Waals surface area contributed by atoms with Crippen molar-refractivity contribution in [3.63, 3.8) is 0 Å². The summed E-state index contributed by atoms with van der Waals surface area (Å²) in [6.45, 7) is 2.09. The Hall–Kier alpha value is -4.15. The lowest BCUT2D eigenvalue weighted by atomic mass is 10.1. The SMILES string of the molecule is O=C(C(=O)N1CCCN(c2ccccn2)CC1)c1c[nH]c2c(-n3ccnn3)ncc(F)c12. The van der Waals surface area contributed by atoms with E-state index < -0.39 is 17.5 Å². The van der Waals surface area contributed by atoms with E-state index in [1.165, 1.54) is 22.0 Å². The lowest BCUT2D eigenvalue weighted by Crippen LogP contribution is -2.39. The van der Waals surface area contributed by atoms with Crippen LogP contribution in [0.25, 0.3) is 16.7 Å². The van der Waals surface area contributed by atoms with Crippen LogP contribution in [0.3, 0.4) is 0 Å². The van der Waals surface area contributed by atoms with E-state index in [4.69, 9.17) is 0 Å². The van der Waals surface area contributed by atoms with Gasteiger partial charge in [0, 0.05) is 38.6 Å². The standard InChI is InChI=1S/C21H19FN8O2/c22-15-13-25-20(30-9-6-26-27-30)18-17(15)14(12-24-18)19(31)21(32)29-8-3-7-28(10-11-29)16-4-1-2-5-23-16/h1-2,4-6,9,12-13,24H,3,7-8,10-11H2. The summed E-state index contributed by atoms with van der Waals surface area (Å²) in [5, 5.41) is 7.60. The Morgan fingerprint density at radius 2 is 1.97 bits per heavy atom. The summed E-state index contributed by atoms with van der Waals surface area (Å²) >= 11 is 0. The van der Waals surface area contributed by atoms with Gasteiger partial charge in [0.05, 0.1) is 35.1 Å². The number of hydrogen-bond donors (Lipinski definition) is 1. The first kappa shape index (κ1) is 19.8. The van der Waals surface area contributed by atoms with Gasteiger partial charge in [0.15, 0.2) is 11.6 Å². The molecule has 1 fully saturated rings. The van der Waals surface area contributed by atoms with Crippen molar-refractivity contribution in [2.75, 3.05) is 31.1 Å². The normalized spacial score (nSPS) is 14.5. The van der Waals surface area contributed by atoms with Gasteiger partial charge in [-0.25, -0.2) is 19.0 Å². The molecule has 4 aromatic rings. The van der Waals surface area contributed by atoms with Crippen molar-refractivity contribution in [2.45, 2.75) is 6.42 Å². The van der Waals surface area contributed by atoms with Crippen LogP contribution >= 0.6 is 0 Å². The number of nitrogens with zero attached hydrogens (tertiary/aromatic N) is 7. The van der Waals surface area contributed by atoms with Crippen molar-refractivity contribution in [2.24, 2.45) is 0 Å². The van der Waals surface area contributed by atoms with Crippen LogP contribution in [-0.2, 0) is 4.79 Å². The predicted octanol–water partition coefficient (Wildman–Crippen LogP) is 1.60. The van der Waals surface area contributed by atoms with Crippen molar-refractivity contribution in [3.05, 3.63) is 60.6 Å². The number of aromatic nitrogens is 6. The Bertz CT molecular complexity index is 1270. The minimum atomic E-state index is -0.767. The van der Waals surface area contributed by atoms with Crippen LogP contribution in [0.5, 0.6) is 0 Å². The summed E-state index contributed by atoms with van der Waals surface area (Å²) in [7, 11) is 0. The zero-order valence-electron chi connectivity index (χ0n) is 17.0. The highest BCUT2D eigenvalue weighted by atomic mass is 19.1. The Morgan fingerprint density at radius 3 is 2.75 bits per heavy atom. The number of carbonyl (C=O) groups is 2. The van der Waals surface area contributed by atoms with Crippen molar-refractivity contribution in [1.29, 1.82) is 0 Å². The first-order valence-corrected chi connectivity index (χ1v) is 10.2. The maximum atomic E-state index is 14.7. The van der Waals surface area contributed by atoms with Gasteiger partial charge in [0.1, 0.15) is 5.82 Å². The number of aromatic amines is 1. The van der Waals surface area contributed by atoms with Gasteiger partial charge >= 0.3 is 0 Å². The molecule has 4 aromatic heterocycles. The van der Waals surface area contributed by atoms with E-state index in [0.29, 0.717) is 26.1 Å². The predicted molar refractivity (Wildman–Crippen MR) is 113 cm³/mol. The molecule has 32 heavy (non-hydrogen) atoms. The average Bonchev–Trinajstić information content (AvgIpc) is 3.45. The van der Waals surface area contributed by atoms with Crippen LogP contribution in [0.2, 0.25) is 0 Å². The van der Waals surface area contributed by atoms with E-state index >= 15 is 0 Å². The molecule has 1 amide bonds. The minimum absolute atomic E-state index is 0.00813. The molecule has 1 saturated heterocycles. The fourth-order valence-electron chi connectivity index (χ4n) is 3.92. The third kappa shape index (κ3) is 3.47. The number of Topliss-reactive ketones (excluding diaryl/α,β-unsaturated/α-hetero) is 1. The quantitative estimate of drug-likeness (QED) is 0.383. The number of hydrogen-bond acceptors (Lipinski definition) is 7. The number of anilines is 1. The first-order valence-electron chi connectivity index (χ1n) is 10.2. The zero-order chi connectivity index (χ0) is 22.1. The topological polar surface area (TPSA) is 113 Å². The highest BCUT2D eigenvalue weighted by Crippen LogP contribution is 2.26. The Labute approximate surface area is 181 Å². The van der Waals surface area contributed by atoms with Crippen LogP contribution in [0.15, 0.2) is 49.2 Å². The molecule has 10 nitrogen and oxygen atoms in total. The van der Waals surface area contributed by atoms with Gasteiger partial charge in [0.2, 0.25) is 0 Å².